The van der Waals surface area contributed by atoms with Gasteiger partial charge in [-0.1, -0.05) is 115 Å². The summed E-state index contributed by atoms with van der Waals surface area (Å²) in [5, 5.41) is 3.20. The molecule has 208 valence electrons. The average molecular weight is 579 g/mol. The Bertz CT molecular complexity index is 2920. The maximum absolute atomic E-state index is 8.89. The summed E-state index contributed by atoms with van der Waals surface area (Å²) in [5.74, 6) is 1.09. The molecule has 0 saturated carbocycles. The molecule has 1 aromatic heterocycles. The van der Waals surface area contributed by atoms with Crippen molar-refractivity contribution in [3.63, 3.8) is 0 Å². The minimum absolute atomic E-state index is 0.00992. The third-order valence-electron chi connectivity index (χ3n) is 7.79. The maximum Gasteiger partial charge on any atom is 0.157 e. The van der Waals surface area contributed by atoms with Crippen LogP contribution in [0, 0.1) is 0 Å². The van der Waals surface area contributed by atoms with Crippen LogP contribution in [0.25, 0.3) is 44.3 Å². The molecule has 0 spiro atoms. The number of nitrogens with zero attached hydrogens (tertiary/aromatic N) is 2. The molecule has 1 N–H and O–H groups in total. The standard InChI is InChI=1S/C40H27N3O/c1-2-12-26(13-3-1)40-41-37(39-38(42-40)33-20-6-9-23-36(33)44-39)29-16-10-14-27(24-29)28-15-11-17-30(25-28)43-34-21-7-4-18-31(34)32-19-5-8-22-35(32)43/h1-25,38H,(H,41,42)/i1D,2D,3D,4D,5D,7D,8D,12D,13D,18D,19D,21D,22D. The summed E-state index contributed by atoms with van der Waals surface area (Å²) in [6, 6.07) is 15.0. The van der Waals surface area contributed by atoms with Crippen LogP contribution in [0.2, 0.25) is 0 Å². The molecule has 0 saturated heterocycles. The molecule has 0 bridgehead atoms. The molecule has 0 radical (unpaired) electrons. The molecule has 7 aromatic rings. The molecule has 0 amide bonds. The van der Waals surface area contributed by atoms with Crippen molar-refractivity contribution in [2.75, 3.05) is 0 Å². The molecule has 2 aliphatic rings. The first-order chi connectivity index (χ1) is 27.2. The second-order valence-electron chi connectivity index (χ2n) is 10.3. The maximum atomic E-state index is 8.89. The van der Waals surface area contributed by atoms with Gasteiger partial charge >= 0.3 is 0 Å². The lowest BCUT2D eigenvalue weighted by Crippen LogP contribution is -2.30. The summed E-state index contributed by atoms with van der Waals surface area (Å²) in [6.45, 7) is 0. The van der Waals surface area contributed by atoms with E-state index in [4.69, 9.17) is 27.5 Å². The van der Waals surface area contributed by atoms with Crippen LogP contribution < -0.4 is 10.1 Å². The predicted molar refractivity (Wildman–Crippen MR) is 179 cm³/mol. The number of aromatic nitrogens is 1. The molecule has 0 aliphatic carbocycles. The Morgan fingerprint density at radius 1 is 0.636 bits per heavy atom. The van der Waals surface area contributed by atoms with Gasteiger partial charge in [0, 0.05) is 33.2 Å². The topological polar surface area (TPSA) is 38.5 Å². The van der Waals surface area contributed by atoms with Gasteiger partial charge < -0.3 is 14.6 Å². The van der Waals surface area contributed by atoms with E-state index in [0.29, 0.717) is 39.6 Å². The van der Waals surface area contributed by atoms with E-state index in [-0.39, 0.29) is 33.2 Å². The van der Waals surface area contributed by atoms with Crippen LogP contribution in [0.1, 0.15) is 40.6 Å². The van der Waals surface area contributed by atoms with Crippen molar-refractivity contribution in [3.05, 3.63) is 174 Å². The summed E-state index contributed by atoms with van der Waals surface area (Å²) in [6.07, 6.45) is 0. The second kappa shape index (κ2) is 9.85. The van der Waals surface area contributed by atoms with Crippen molar-refractivity contribution in [2.45, 2.75) is 6.04 Å². The van der Waals surface area contributed by atoms with Crippen molar-refractivity contribution >= 4 is 33.3 Å². The van der Waals surface area contributed by atoms with Crippen LogP contribution in [0.15, 0.2) is 162 Å². The summed E-state index contributed by atoms with van der Waals surface area (Å²) in [4.78, 5) is 4.83. The molecule has 1 unspecified atom stereocenters. The highest BCUT2D eigenvalue weighted by molar-refractivity contribution is 6.09. The lowest BCUT2D eigenvalue weighted by Gasteiger charge is -2.24. The first-order valence-corrected chi connectivity index (χ1v) is 13.9. The number of hydrogen-bond acceptors (Lipinski definition) is 3. The summed E-state index contributed by atoms with van der Waals surface area (Å²) in [7, 11) is 0. The normalized spacial score (nSPS) is 19.6. The molecular formula is C40H27N3O. The van der Waals surface area contributed by atoms with E-state index in [1.807, 2.05) is 48.5 Å². The Morgan fingerprint density at radius 2 is 1.30 bits per heavy atom. The highest BCUT2D eigenvalue weighted by Gasteiger charge is 2.36. The van der Waals surface area contributed by atoms with Gasteiger partial charge in [0.15, 0.2) is 5.76 Å². The van der Waals surface area contributed by atoms with Crippen molar-refractivity contribution < 1.29 is 22.6 Å². The van der Waals surface area contributed by atoms with Crippen molar-refractivity contribution in [1.82, 2.24) is 9.88 Å². The molecule has 44 heavy (non-hydrogen) atoms. The number of rotatable bonds is 4. The van der Waals surface area contributed by atoms with Crippen LogP contribution in [-0.2, 0) is 0 Å². The SMILES string of the molecule is [2H]c1c([2H])c([2H])c(C2=NC3C(=C(c4cccc(-c5cccc(-n6c7c([2H])c([2H])c([2H])c([2H])c7c7c([2H])c([2H])c([2H])c([2H])c76)c5)c4)N2)Oc2ccccc23)c([2H])c1[2H]. The van der Waals surface area contributed by atoms with E-state index in [9.17, 15) is 0 Å². The van der Waals surface area contributed by atoms with Gasteiger partial charge in [-0.15, -0.1) is 0 Å². The first-order valence-electron chi connectivity index (χ1n) is 20.4. The number of ether oxygens (including phenoxy) is 1. The number of nitrogens with one attached hydrogen (secondary N) is 1. The van der Waals surface area contributed by atoms with Gasteiger partial charge in [0.2, 0.25) is 0 Å². The van der Waals surface area contributed by atoms with Crippen molar-refractivity contribution in [1.29, 1.82) is 0 Å². The third kappa shape index (κ3) is 3.89. The summed E-state index contributed by atoms with van der Waals surface area (Å²) < 4.78 is 119. The molecule has 0 fully saturated rings. The number of benzene rings is 6. The first kappa shape index (κ1) is 15.0. The van der Waals surface area contributed by atoms with Gasteiger partial charge in [0.25, 0.3) is 0 Å². The lowest BCUT2D eigenvalue weighted by atomic mass is 9.97. The number of aliphatic imine (C=N–C) groups is 1. The number of para-hydroxylation sites is 3. The fourth-order valence-electron chi connectivity index (χ4n) is 5.84. The Hall–Kier alpha value is -5.87. The molecule has 4 heteroatoms. The van der Waals surface area contributed by atoms with Gasteiger partial charge in [0.1, 0.15) is 17.6 Å². The molecule has 4 nitrogen and oxygen atoms in total. The molecule has 2 aliphatic heterocycles. The minimum Gasteiger partial charge on any atom is -0.456 e. The number of amidine groups is 1. The Labute approximate surface area is 273 Å². The molecular weight excluding hydrogens is 538 g/mol. The van der Waals surface area contributed by atoms with E-state index < -0.39 is 84.6 Å². The largest absolute Gasteiger partial charge is 0.456 e. The quantitative estimate of drug-likeness (QED) is 0.226. The zero-order valence-corrected chi connectivity index (χ0v) is 22.8. The molecule has 3 heterocycles. The van der Waals surface area contributed by atoms with Crippen LogP contribution in [0.5, 0.6) is 5.75 Å². The Kier molecular flexibility index (Phi) is 3.37. The zero-order chi connectivity index (χ0) is 40.3. The predicted octanol–water partition coefficient (Wildman–Crippen LogP) is 9.30. The monoisotopic (exact) mass is 578 g/mol. The molecule has 6 aromatic carbocycles. The van der Waals surface area contributed by atoms with E-state index in [1.54, 1.807) is 24.3 Å². The molecule has 1 atom stereocenters. The van der Waals surface area contributed by atoms with Crippen molar-refractivity contribution in [3.8, 4) is 22.6 Å². The van der Waals surface area contributed by atoms with E-state index in [0.717, 1.165) is 5.56 Å². The fraction of sp³-hybridized carbons (Fsp3) is 0.0250. The summed E-state index contributed by atoms with van der Waals surface area (Å²) in [5.41, 5.74) is 3.47. The Morgan fingerprint density at radius 3 is 2.09 bits per heavy atom. The summed E-state index contributed by atoms with van der Waals surface area (Å²) >= 11 is 0. The Balaban J connectivity index is 1.22. The van der Waals surface area contributed by atoms with E-state index in [2.05, 4.69) is 5.32 Å². The average Bonchev–Trinajstić information content (AvgIpc) is 3.79. The highest BCUT2D eigenvalue weighted by atomic mass is 16.5. The van der Waals surface area contributed by atoms with Gasteiger partial charge in [-0.2, -0.15) is 0 Å². The third-order valence-corrected chi connectivity index (χ3v) is 7.79. The minimum atomic E-state index is -0.688. The van der Waals surface area contributed by atoms with Gasteiger partial charge in [0.05, 0.1) is 34.6 Å². The lowest BCUT2D eigenvalue weighted by molar-refractivity contribution is 0.427. The fourth-order valence-corrected chi connectivity index (χ4v) is 5.84. The van der Waals surface area contributed by atoms with Gasteiger partial charge in [-0.3, -0.25) is 4.99 Å². The zero-order valence-electron chi connectivity index (χ0n) is 35.8. The number of hydrogen-bond donors (Lipinski definition) is 1. The van der Waals surface area contributed by atoms with E-state index >= 15 is 0 Å². The van der Waals surface area contributed by atoms with Crippen LogP contribution in [0.3, 0.4) is 0 Å². The highest BCUT2D eigenvalue weighted by Crippen LogP contribution is 2.46. The smallest absolute Gasteiger partial charge is 0.157 e. The van der Waals surface area contributed by atoms with Crippen molar-refractivity contribution in [2.24, 2.45) is 4.99 Å². The van der Waals surface area contributed by atoms with Crippen LogP contribution in [0.4, 0.5) is 0 Å². The number of fused-ring (bicyclic) bond motifs is 6. The van der Waals surface area contributed by atoms with Crippen LogP contribution >= 0.6 is 0 Å². The molecule has 9 rings (SSSR count). The second-order valence-corrected chi connectivity index (χ2v) is 10.3. The van der Waals surface area contributed by atoms with Crippen LogP contribution in [-0.4, -0.2) is 10.4 Å². The van der Waals surface area contributed by atoms with Gasteiger partial charge in [-0.25, -0.2) is 0 Å². The van der Waals surface area contributed by atoms with E-state index in [1.165, 1.54) is 4.57 Å². The van der Waals surface area contributed by atoms with Gasteiger partial charge in [-0.05, 0) is 47.5 Å².